The van der Waals surface area contributed by atoms with E-state index < -0.39 is 10.0 Å². The van der Waals surface area contributed by atoms with Crippen LogP contribution in [0.5, 0.6) is 0 Å². The predicted molar refractivity (Wildman–Crippen MR) is 64.8 cm³/mol. The summed E-state index contributed by atoms with van der Waals surface area (Å²) >= 11 is 0. The van der Waals surface area contributed by atoms with Crippen molar-refractivity contribution in [2.75, 3.05) is 6.54 Å². The first kappa shape index (κ1) is 12.2. The van der Waals surface area contributed by atoms with Gasteiger partial charge in [0.05, 0.1) is 0 Å². The van der Waals surface area contributed by atoms with Gasteiger partial charge in [-0.05, 0) is 24.8 Å². The normalized spacial score (nSPS) is 15.8. The average molecular weight is 253 g/mol. The fraction of sp³-hybridized carbons (Fsp3) is 0.455. The predicted octanol–water partition coefficient (Wildman–Crippen LogP) is 0.959. The summed E-state index contributed by atoms with van der Waals surface area (Å²) in [7, 11) is -3.33. The molecule has 5 nitrogen and oxygen atoms in total. The van der Waals surface area contributed by atoms with E-state index in [1.165, 1.54) is 12.8 Å². The Bertz CT molecular complexity index is 492. The quantitative estimate of drug-likeness (QED) is 0.819. The monoisotopic (exact) mass is 253 g/mol. The zero-order valence-electron chi connectivity index (χ0n) is 9.46. The van der Waals surface area contributed by atoms with Crippen LogP contribution >= 0.6 is 0 Å². The minimum absolute atomic E-state index is 0.334. The number of hydrogen-bond donors (Lipinski definition) is 1. The van der Waals surface area contributed by atoms with Crippen LogP contribution in [-0.4, -0.2) is 24.9 Å². The number of rotatable bonds is 6. The Hall–Kier alpha value is -1.27. The third-order valence-electron chi connectivity index (χ3n) is 2.60. The van der Waals surface area contributed by atoms with Gasteiger partial charge in [-0.15, -0.1) is 0 Å². The Morgan fingerprint density at radius 1 is 1.41 bits per heavy atom. The maximum absolute atomic E-state index is 11.1. The van der Waals surface area contributed by atoms with Crippen LogP contribution in [0, 0.1) is 0 Å². The van der Waals surface area contributed by atoms with E-state index in [-0.39, 0.29) is 0 Å². The molecule has 2 rings (SSSR count). The fourth-order valence-electron chi connectivity index (χ4n) is 1.44. The lowest BCUT2D eigenvalue weighted by atomic mass is 10.2. The van der Waals surface area contributed by atoms with Gasteiger partial charge < -0.3 is 0 Å². The topological polar surface area (TPSA) is 72.0 Å². The summed E-state index contributed by atoms with van der Waals surface area (Å²) in [6.07, 6.45) is 6.47. The van der Waals surface area contributed by atoms with E-state index in [1.807, 2.05) is 0 Å². The summed E-state index contributed by atoms with van der Waals surface area (Å²) in [6.45, 7) is 3.55. The molecular weight excluding hydrogens is 238 g/mol. The van der Waals surface area contributed by atoms with Crippen LogP contribution in [0.4, 0.5) is 0 Å². The SMILES string of the molecule is C=CS(=O)(=O)NCCc1cnc(C2CC2)nc1. The molecule has 0 radical (unpaired) electrons. The summed E-state index contributed by atoms with van der Waals surface area (Å²) in [5, 5.41) is 0.902. The molecule has 1 saturated carbocycles. The van der Waals surface area contributed by atoms with Crippen molar-refractivity contribution in [2.24, 2.45) is 0 Å². The summed E-state index contributed by atoms with van der Waals surface area (Å²) in [5.41, 5.74) is 0.932. The molecule has 0 spiro atoms. The highest BCUT2D eigenvalue weighted by molar-refractivity contribution is 7.92. The number of nitrogens with one attached hydrogen (secondary N) is 1. The Morgan fingerprint density at radius 3 is 2.59 bits per heavy atom. The summed E-state index contributed by atoms with van der Waals surface area (Å²) in [4.78, 5) is 8.53. The second kappa shape index (κ2) is 4.93. The molecule has 1 aliphatic rings. The first-order valence-corrected chi connectivity index (χ1v) is 7.08. The molecule has 17 heavy (non-hydrogen) atoms. The third-order valence-corrected chi connectivity index (χ3v) is 3.65. The van der Waals surface area contributed by atoms with Gasteiger partial charge in [0, 0.05) is 30.3 Å². The van der Waals surface area contributed by atoms with Gasteiger partial charge in [-0.3, -0.25) is 0 Å². The molecule has 0 unspecified atom stereocenters. The standard InChI is InChI=1S/C11H15N3O2S/c1-2-17(15,16)14-6-5-9-7-12-11(13-8-9)10-3-4-10/h2,7-8,10,14H,1,3-6H2. The molecule has 1 aromatic heterocycles. The highest BCUT2D eigenvalue weighted by atomic mass is 32.2. The minimum atomic E-state index is -3.33. The largest absolute Gasteiger partial charge is 0.241 e. The molecule has 0 aromatic carbocycles. The number of aromatic nitrogens is 2. The molecule has 6 heteroatoms. The molecule has 0 aliphatic heterocycles. The Balaban J connectivity index is 1.84. The van der Waals surface area contributed by atoms with Crippen molar-refractivity contribution in [3.63, 3.8) is 0 Å². The second-order valence-corrected chi connectivity index (χ2v) is 5.79. The molecule has 92 valence electrons. The van der Waals surface area contributed by atoms with Crippen molar-refractivity contribution in [3.05, 3.63) is 35.8 Å². The number of hydrogen-bond acceptors (Lipinski definition) is 4. The van der Waals surface area contributed by atoms with E-state index in [2.05, 4.69) is 21.3 Å². The van der Waals surface area contributed by atoms with Crippen molar-refractivity contribution in [1.29, 1.82) is 0 Å². The molecule has 1 heterocycles. The van der Waals surface area contributed by atoms with Crippen LogP contribution in [0.1, 0.15) is 30.1 Å². The van der Waals surface area contributed by atoms with Crippen molar-refractivity contribution >= 4 is 10.0 Å². The van der Waals surface area contributed by atoms with Gasteiger partial charge in [-0.1, -0.05) is 6.58 Å². The van der Waals surface area contributed by atoms with Gasteiger partial charge in [-0.25, -0.2) is 23.1 Å². The molecular formula is C11H15N3O2S. The highest BCUT2D eigenvalue weighted by Crippen LogP contribution is 2.37. The summed E-state index contributed by atoms with van der Waals surface area (Å²) < 4.78 is 24.6. The van der Waals surface area contributed by atoms with Crippen LogP contribution in [0.15, 0.2) is 24.4 Å². The van der Waals surface area contributed by atoms with Gasteiger partial charge in [0.2, 0.25) is 10.0 Å². The van der Waals surface area contributed by atoms with Crippen molar-refractivity contribution < 1.29 is 8.42 Å². The van der Waals surface area contributed by atoms with Crippen molar-refractivity contribution in [3.8, 4) is 0 Å². The van der Waals surface area contributed by atoms with Crippen LogP contribution < -0.4 is 4.72 Å². The van der Waals surface area contributed by atoms with E-state index in [0.717, 1.165) is 16.8 Å². The molecule has 0 bridgehead atoms. The summed E-state index contributed by atoms with van der Waals surface area (Å²) in [6, 6.07) is 0. The van der Waals surface area contributed by atoms with Crippen molar-refractivity contribution in [1.82, 2.24) is 14.7 Å². The Labute approximate surface area is 101 Å². The van der Waals surface area contributed by atoms with E-state index >= 15 is 0 Å². The molecule has 0 saturated heterocycles. The smallest absolute Gasteiger partial charge is 0.233 e. The lowest BCUT2D eigenvalue weighted by Crippen LogP contribution is -2.23. The zero-order chi connectivity index (χ0) is 12.3. The van der Waals surface area contributed by atoms with Crippen molar-refractivity contribution in [2.45, 2.75) is 25.2 Å². The van der Waals surface area contributed by atoms with Crippen LogP contribution in [0.3, 0.4) is 0 Å². The number of nitrogens with zero attached hydrogens (tertiary/aromatic N) is 2. The van der Waals surface area contributed by atoms with Crippen LogP contribution in [-0.2, 0) is 16.4 Å². The fourth-order valence-corrected chi connectivity index (χ4v) is 1.95. The highest BCUT2D eigenvalue weighted by Gasteiger charge is 2.25. The molecule has 1 aromatic rings. The molecule has 0 amide bonds. The average Bonchev–Trinajstić information content (AvgIpc) is 3.14. The summed E-state index contributed by atoms with van der Waals surface area (Å²) in [5.74, 6) is 1.45. The van der Waals surface area contributed by atoms with E-state index in [1.54, 1.807) is 12.4 Å². The maximum atomic E-state index is 11.1. The first-order valence-electron chi connectivity index (χ1n) is 5.53. The van der Waals surface area contributed by atoms with E-state index in [0.29, 0.717) is 18.9 Å². The lowest BCUT2D eigenvalue weighted by molar-refractivity contribution is 0.591. The number of sulfonamides is 1. The van der Waals surface area contributed by atoms with E-state index in [9.17, 15) is 8.42 Å². The first-order chi connectivity index (χ1) is 8.11. The zero-order valence-corrected chi connectivity index (χ0v) is 10.3. The van der Waals surface area contributed by atoms with Crippen LogP contribution in [0.2, 0.25) is 0 Å². The van der Waals surface area contributed by atoms with Gasteiger partial charge in [0.25, 0.3) is 0 Å². The van der Waals surface area contributed by atoms with E-state index in [4.69, 9.17) is 0 Å². The van der Waals surface area contributed by atoms with Crippen LogP contribution in [0.25, 0.3) is 0 Å². The molecule has 0 atom stereocenters. The van der Waals surface area contributed by atoms with Gasteiger partial charge in [0.15, 0.2) is 0 Å². The van der Waals surface area contributed by atoms with Gasteiger partial charge in [-0.2, -0.15) is 0 Å². The third kappa shape index (κ3) is 3.61. The Kier molecular flexibility index (Phi) is 3.54. The molecule has 1 N–H and O–H groups in total. The van der Waals surface area contributed by atoms with Gasteiger partial charge in [0.1, 0.15) is 5.82 Å². The molecule has 1 fully saturated rings. The Morgan fingerprint density at radius 2 is 2.06 bits per heavy atom. The molecule has 1 aliphatic carbocycles. The lowest BCUT2D eigenvalue weighted by Gasteiger charge is -2.03. The maximum Gasteiger partial charge on any atom is 0.233 e. The van der Waals surface area contributed by atoms with Gasteiger partial charge >= 0.3 is 0 Å². The second-order valence-electron chi connectivity index (χ2n) is 4.08. The minimum Gasteiger partial charge on any atom is -0.241 e.